The summed E-state index contributed by atoms with van der Waals surface area (Å²) in [7, 11) is -4.13. The zero-order valence-corrected chi connectivity index (χ0v) is 29.1. The molecule has 0 aromatic heterocycles. The van der Waals surface area contributed by atoms with E-state index in [1.807, 2.05) is 68.4 Å². The second kappa shape index (κ2) is 15.7. The molecule has 7 nitrogen and oxygen atoms in total. The molecule has 0 bridgehead atoms. The van der Waals surface area contributed by atoms with Gasteiger partial charge in [0.05, 0.1) is 10.6 Å². The van der Waals surface area contributed by atoms with Gasteiger partial charge in [0.15, 0.2) is 0 Å². The van der Waals surface area contributed by atoms with Gasteiger partial charge < -0.3 is 10.2 Å². The standard InChI is InChI=1S/C34H35BrIN3O4S/c1-3-25(2)37-34(41)32(22-26-11-6-4-7-12-26)38(23-27-13-10-14-28(35)21-27)33(40)24-39(30-19-17-29(36)18-20-30)44(42,43)31-15-8-5-9-16-31/h4-21,25,32H,3,22-24H2,1-2H3,(H,37,41)/t25-,32+/m1/s1. The minimum atomic E-state index is -4.13. The summed E-state index contributed by atoms with van der Waals surface area (Å²) in [6, 6.07) is 31.1. The van der Waals surface area contributed by atoms with Crippen LogP contribution in [0, 0.1) is 3.57 Å². The zero-order chi connectivity index (χ0) is 31.7. The lowest BCUT2D eigenvalue weighted by atomic mass is 10.0. The van der Waals surface area contributed by atoms with Crippen molar-refractivity contribution in [3.8, 4) is 0 Å². The normalized spacial score (nSPS) is 12.6. The predicted octanol–water partition coefficient (Wildman–Crippen LogP) is 6.80. The van der Waals surface area contributed by atoms with Crippen LogP contribution in [0.4, 0.5) is 5.69 Å². The SMILES string of the molecule is CC[C@@H](C)NC(=O)[C@H](Cc1ccccc1)N(Cc1cccc(Br)c1)C(=O)CN(c1ccc(I)cc1)S(=O)(=O)c1ccccc1. The Hall–Kier alpha value is -3.22. The number of hydrogen-bond donors (Lipinski definition) is 1. The van der Waals surface area contributed by atoms with Gasteiger partial charge in [-0.3, -0.25) is 13.9 Å². The first-order chi connectivity index (χ1) is 21.1. The van der Waals surface area contributed by atoms with Gasteiger partial charge >= 0.3 is 0 Å². The fourth-order valence-electron chi connectivity index (χ4n) is 4.68. The van der Waals surface area contributed by atoms with Crippen LogP contribution in [0.5, 0.6) is 0 Å². The topological polar surface area (TPSA) is 86.8 Å². The van der Waals surface area contributed by atoms with E-state index in [9.17, 15) is 18.0 Å². The van der Waals surface area contributed by atoms with Gasteiger partial charge in [0.25, 0.3) is 10.0 Å². The van der Waals surface area contributed by atoms with Crippen molar-refractivity contribution in [2.75, 3.05) is 10.8 Å². The molecule has 0 aliphatic carbocycles. The first kappa shape index (κ1) is 33.7. The smallest absolute Gasteiger partial charge is 0.264 e. The Bertz CT molecular complexity index is 1660. The summed E-state index contributed by atoms with van der Waals surface area (Å²) >= 11 is 5.66. The third-order valence-electron chi connectivity index (χ3n) is 7.24. The number of halogens is 2. The molecule has 0 fully saturated rings. The van der Waals surface area contributed by atoms with Crippen LogP contribution >= 0.6 is 38.5 Å². The second-order valence-electron chi connectivity index (χ2n) is 10.5. The highest BCUT2D eigenvalue weighted by Crippen LogP contribution is 2.26. The Kier molecular flexibility index (Phi) is 12.0. The summed E-state index contributed by atoms with van der Waals surface area (Å²) in [5, 5.41) is 3.05. The van der Waals surface area contributed by atoms with E-state index in [-0.39, 0.29) is 29.8 Å². The maximum atomic E-state index is 14.5. The number of anilines is 1. The number of sulfonamides is 1. The quantitative estimate of drug-likeness (QED) is 0.151. The molecule has 44 heavy (non-hydrogen) atoms. The fraction of sp³-hybridized carbons (Fsp3) is 0.235. The Morgan fingerprint density at radius 1 is 0.864 bits per heavy atom. The van der Waals surface area contributed by atoms with Crippen LogP contribution in [-0.4, -0.2) is 43.8 Å². The molecule has 10 heteroatoms. The van der Waals surface area contributed by atoms with E-state index >= 15 is 0 Å². The van der Waals surface area contributed by atoms with Gasteiger partial charge in [-0.15, -0.1) is 0 Å². The van der Waals surface area contributed by atoms with Gasteiger partial charge in [0.1, 0.15) is 12.6 Å². The maximum Gasteiger partial charge on any atom is 0.264 e. The first-order valence-electron chi connectivity index (χ1n) is 14.3. The van der Waals surface area contributed by atoms with E-state index in [2.05, 4.69) is 43.8 Å². The maximum absolute atomic E-state index is 14.5. The van der Waals surface area contributed by atoms with Crippen molar-refractivity contribution in [2.24, 2.45) is 0 Å². The molecule has 1 N–H and O–H groups in total. The van der Waals surface area contributed by atoms with E-state index in [0.29, 0.717) is 5.69 Å². The lowest BCUT2D eigenvalue weighted by molar-refractivity contribution is -0.140. The molecule has 0 heterocycles. The summed E-state index contributed by atoms with van der Waals surface area (Å²) in [5.41, 5.74) is 2.04. The molecule has 4 aromatic carbocycles. The van der Waals surface area contributed by atoms with Crippen molar-refractivity contribution < 1.29 is 18.0 Å². The molecule has 2 amide bonds. The second-order valence-corrected chi connectivity index (χ2v) is 14.5. The van der Waals surface area contributed by atoms with E-state index in [4.69, 9.17) is 0 Å². The number of amides is 2. The molecule has 0 aliphatic rings. The van der Waals surface area contributed by atoms with Crippen LogP contribution in [0.2, 0.25) is 0 Å². The molecule has 0 saturated heterocycles. The molecule has 0 unspecified atom stereocenters. The summed E-state index contributed by atoms with van der Waals surface area (Å²) < 4.78 is 30.9. The lowest BCUT2D eigenvalue weighted by Gasteiger charge is -2.34. The van der Waals surface area contributed by atoms with E-state index < -0.39 is 28.5 Å². The highest BCUT2D eigenvalue weighted by atomic mass is 127. The van der Waals surface area contributed by atoms with E-state index in [1.54, 1.807) is 42.5 Å². The van der Waals surface area contributed by atoms with Crippen molar-refractivity contribution in [1.29, 1.82) is 0 Å². The van der Waals surface area contributed by atoms with Gasteiger partial charge in [0.2, 0.25) is 11.8 Å². The third kappa shape index (κ3) is 8.92. The van der Waals surface area contributed by atoms with E-state index in [0.717, 1.165) is 29.9 Å². The number of carbonyl (C=O) groups is 2. The molecule has 0 aliphatic heterocycles. The first-order valence-corrected chi connectivity index (χ1v) is 17.6. The molecular weight excluding hydrogens is 753 g/mol. The average molecular weight is 789 g/mol. The summed E-state index contributed by atoms with van der Waals surface area (Å²) in [6.07, 6.45) is 0.983. The van der Waals surface area contributed by atoms with Gasteiger partial charge in [0, 0.05) is 27.1 Å². The van der Waals surface area contributed by atoms with Crippen LogP contribution in [0.25, 0.3) is 0 Å². The van der Waals surface area contributed by atoms with Gasteiger partial charge in [-0.25, -0.2) is 8.42 Å². The predicted molar refractivity (Wildman–Crippen MR) is 187 cm³/mol. The number of hydrogen-bond acceptors (Lipinski definition) is 4. The van der Waals surface area contributed by atoms with Crippen molar-refractivity contribution in [2.45, 2.75) is 50.2 Å². The number of rotatable bonds is 13. The average Bonchev–Trinajstić information content (AvgIpc) is 3.02. The van der Waals surface area contributed by atoms with Crippen LogP contribution < -0.4 is 9.62 Å². The van der Waals surface area contributed by atoms with Crippen LogP contribution in [0.15, 0.2) is 119 Å². The van der Waals surface area contributed by atoms with Gasteiger partial charge in [-0.2, -0.15) is 0 Å². The van der Waals surface area contributed by atoms with Crippen molar-refractivity contribution in [3.63, 3.8) is 0 Å². The Morgan fingerprint density at radius 3 is 2.09 bits per heavy atom. The Morgan fingerprint density at radius 2 is 1.48 bits per heavy atom. The Labute approximate surface area is 282 Å². The number of nitrogens with one attached hydrogen (secondary N) is 1. The van der Waals surface area contributed by atoms with Crippen LogP contribution in [-0.2, 0) is 32.6 Å². The fourth-order valence-corrected chi connectivity index (χ4v) is 6.92. The van der Waals surface area contributed by atoms with E-state index in [1.165, 1.54) is 17.0 Å². The molecule has 230 valence electrons. The minimum absolute atomic E-state index is 0.0697. The lowest BCUT2D eigenvalue weighted by Crippen LogP contribution is -2.54. The molecule has 4 aromatic rings. The number of carbonyl (C=O) groups excluding carboxylic acids is 2. The molecule has 0 spiro atoms. The Balaban J connectivity index is 1.80. The van der Waals surface area contributed by atoms with Crippen molar-refractivity contribution in [3.05, 3.63) is 128 Å². The molecule has 4 rings (SSSR count). The van der Waals surface area contributed by atoms with Crippen LogP contribution in [0.3, 0.4) is 0 Å². The monoisotopic (exact) mass is 787 g/mol. The largest absolute Gasteiger partial charge is 0.352 e. The third-order valence-corrected chi connectivity index (χ3v) is 10.2. The molecule has 0 radical (unpaired) electrons. The molecule has 2 atom stereocenters. The summed E-state index contributed by atoms with van der Waals surface area (Å²) in [6.45, 7) is 3.52. The molecule has 0 saturated carbocycles. The van der Waals surface area contributed by atoms with Crippen molar-refractivity contribution in [1.82, 2.24) is 10.2 Å². The van der Waals surface area contributed by atoms with Crippen LogP contribution in [0.1, 0.15) is 31.4 Å². The summed E-state index contributed by atoms with van der Waals surface area (Å²) in [5.74, 6) is -0.790. The number of benzene rings is 4. The minimum Gasteiger partial charge on any atom is -0.352 e. The summed E-state index contributed by atoms with van der Waals surface area (Å²) in [4.78, 5) is 29.9. The highest BCUT2D eigenvalue weighted by Gasteiger charge is 2.35. The van der Waals surface area contributed by atoms with Gasteiger partial charge in [-0.1, -0.05) is 83.5 Å². The van der Waals surface area contributed by atoms with Crippen molar-refractivity contribution >= 4 is 66.0 Å². The highest BCUT2D eigenvalue weighted by molar-refractivity contribution is 14.1. The number of nitrogens with zero attached hydrogens (tertiary/aromatic N) is 2. The molecular formula is C34H35BrIN3O4S. The zero-order valence-electron chi connectivity index (χ0n) is 24.6. The van der Waals surface area contributed by atoms with Gasteiger partial charge in [-0.05, 0) is 95.6 Å².